The molecule has 0 aliphatic rings. The molecule has 4 nitrogen and oxygen atoms in total. The number of aromatic nitrogens is 1. The molecule has 128 valence electrons. The van der Waals surface area contributed by atoms with Gasteiger partial charge in [-0.3, -0.25) is 0 Å². The van der Waals surface area contributed by atoms with Gasteiger partial charge in [-0.15, -0.1) is 11.3 Å². The smallest absolute Gasteiger partial charge is 0.347 e. The SMILES string of the molecule is Cc1nc(-c2ccc(Oc3ccccc3C(C)C)cc2)sc1C(=O)O. The van der Waals surface area contributed by atoms with E-state index in [0.29, 0.717) is 16.6 Å². The van der Waals surface area contributed by atoms with Gasteiger partial charge in [-0.05, 0) is 48.7 Å². The van der Waals surface area contributed by atoms with Crippen molar-refractivity contribution in [1.82, 2.24) is 4.98 Å². The maximum Gasteiger partial charge on any atom is 0.347 e. The van der Waals surface area contributed by atoms with E-state index >= 15 is 0 Å². The number of para-hydroxylation sites is 1. The number of hydrogen-bond acceptors (Lipinski definition) is 4. The van der Waals surface area contributed by atoms with Crippen molar-refractivity contribution in [2.75, 3.05) is 0 Å². The van der Waals surface area contributed by atoms with E-state index in [-0.39, 0.29) is 4.88 Å². The van der Waals surface area contributed by atoms with Crippen LogP contribution in [-0.4, -0.2) is 16.1 Å². The van der Waals surface area contributed by atoms with E-state index in [1.165, 1.54) is 11.3 Å². The summed E-state index contributed by atoms with van der Waals surface area (Å²) in [5, 5.41) is 9.85. The largest absolute Gasteiger partial charge is 0.477 e. The van der Waals surface area contributed by atoms with Gasteiger partial charge in [0.2, 0.25) is 0 Å². The van der Waals surface area contributed by atoms with Gasteiger partial charge in [-0.25, -0.2) is 9.78 Å². The van der Waals surface area contributed by atoms with Gasteiger partial charge in [0.25, 0.3) is 0 Å². The van der Waals surface area contributed by atoms with Crippen LogP contribution < -0.4 is 4.74 Å². The van der Waals surface area contributed by atoms with Crippen LogP contribution in [0.3, 0.4) is 0 Å². The van der Waals surface area contributed by atoms with E-state index < -0.39 is 5.97 Å². The summed E-state index contributed by atoms with van der Waals surface area (Å²) < 4.78 is 6.02. The fourth-order valence-electron chi connectivity index (χ4n) is 2.56. The van der Waals surface area contributed by atoms with E-state index in [9.17, 15) is 4.79 Å². The van der Waals surface area contributed by atoms with Crippen molar-refractivity contribution in [2.24, 2.45) is 0 Å². The number of carbonyl (C=O) groups is 1. The Labute approximate surface area is 150 Å². The van der Waals surface area contributed by atoms with E-state index in [0.717, 1.165) is 22.6 Å². The molecule has 3 aromatic rings. The number of carboxylic acid groups (broad SMARTS) is 1. The lowest BCUT2D eigenvalue weighted by atomic mass is 10.0. The van der Waals surface area contributed by atoms with Crippen molar-refractivity contribution < 1.29 is 14.6 Å². The molecule has 5 heteroatoms. The first-order valence-corrected chi connectivity index (χ1v) is 8.85. The van der Waals surface area contributed by atoms with E-state index in [1.54, 1.807) is 6.92 Å². The summed E-state index contributed by atoms with van der Waals surface area (Å²) in [6.07, 6.45) is 0. The van der Waals surface area contributed by atoms with E-state index in [1.807, 2.05) is 42.5 Å². The molecule has 0 fully saturated rings. The van der Waals surface area contributed by atoms with Crippen LogP contribution in [0.25, 0.3) is 10.6 Å². The second-order valence-corrected chi connectivity index (χ2v) is 7.06. The van der Waals surface area contributed by atoms with Crippen LogP contribution in [0, 0.1) is 6.92 Å². The Hall–Kier alpha value is -2.66. The highest BCUT2D eigenvalue weighted by molar-refractivity contribution is 7.17. The number of rotatable bonds is 5. The number of carboxylic acids is 1. The summed E-state index contributed by atoms with van der Waals surface area (Å²) in [6, 6.07) is 15.6. The van der Waals surface area contributed by atoms with Gasteiger partial charge >= 0.3 is 5.97 Å². The molecule has 0 unspecified atom stereocenters. The van der Waals surface area contributed by atoms with Crippen LogP contribution in [0.2, 0.25) is 0 Å². The standard InChI is InChI=1S/C20H19NO3S/c1-12(2)16-6-4-5-7-17(16)24-15-10-8-14(9-11-15)19-21-13(3)18(25-19)20(22)23/h4-12H,1-3H3,(H,22,23). The zero-order valence-corrected chi connectivity index (χ0v) is 15.1. The number of thiazole rings is 1. The molecule has 0 atom stereocenters. The Morgan fingerprint density at radius 2 is 1.80 bits per heavy atom. The fraction of sp³-hybridized carbons (Fsp3) is 0.200. The molecule has 3 rings (SSSR count). The molecule has 0 saturated carbocycles. The molecule has 25 heavy (non-hydrogen) atoms. The number of aromatic carboxylic acids is 1. The highest BCUT2D eigenvalue weighted by Gasteiger charge is 2.15. The summed E-state index contributed by atoms with van der Waals surface area (Å²) in [4.78, 5) is 15.8. The lowest BCUT2D eigenvalue weighted by molar-refractivity contribution is 0.0701. The average molecular weight is 353 g/mol. The number of ether oxygens (including phenoxy) is 1. The van der Waals surface area contributed by atoms with Crippen molar-refractivity contribution in [3.8, 4) is 22.1 Å². The van der Waals surface area contributed by atoms with Crippen molar-refractivity contribution in [3.05, 3.63) is 64.7 Å². The molecule has 2 aromatic carbocycles. The van der Waals surface area contributed by atoms with Crippen LogP contribution in [0.5, 0.6) is 11.5 Å². The Morgan fingerprint density at radius 1 is 1.12 bits per heavy atom. The fourth-order valence-corrected chi connectivity index (χ4v) is 3.47. The first-order chi connectivity index (χ1) is 12.0. The summed E-state index contributed by atoms with van der Waals surface area (Å²) in [5.74, 6) is 1.03. The van der Waals surface area contributed by atoms with Gasteiger partial charge < -0.3 is 9.84 Å². The molecule has 0 amide bonds. The van der Waals surface area contributed by atoms with Crippen LogP contribution >= 0.6 is 11.3 Å². The Balaban J connectivity index is 1.84. The Morgan fingerprint density at radius 3 is 2.40 bits per heavy atom. The first-order valence-electron chi connectivity index (χ1n) is 8.03. The molecule has 0 saturated heterocycles. The van der Waals surface area contributed by atoms with Gasteiger partial charge in [0.05, 0.1) is 5.69 Å². The average Bonchev–Trinajstić information content (AvgIpc) is 2.98. The second kappa shape index (κ2) is 7.07. The summed E-state index contributed by atoms with van der Waals surface area (Å²) >= 11 is 1.19. The number of aryl methyl sites for hydroxylation is 1. The summed E-state index contributed by atoms with van der Waals surface area (Å²) in [5.41, 5.74) is 2.58. The molecule has 0 spiro atoms. The first kappa shape index (κ1) is 17.2. The highest BCUT2D eigenvalue weighted by Crippen LogP contribution is 2.33. The Bertz CT molecular complexity index is 898. The maximum absolute atomic E-state index is 11.2. The minimum atomic E-state index is -0.938. The van der Waals surface area contributed by atoms with E-state index in [4.69, 9.17) is 9.84 Å². The molecule has 0 bridgehead atoms. The molecule has 0 aliphatic heterocycles. The summed E-state index contributed by atoms with van der Waals surface area (Å²) in [6.45, 7) is 5.98. The van der Waals surface area contributed by atoms with Gasteiger partial charge in [0.15, 0.2) is 0 Å². The highest BCUT2D eigenvalue weighted by atomic mass is 32.1. The van der Waals surface area contributed by atoms with Crippen LogP contribution in [0.15, 0.2) is 48.5 Å². The number of hydrogen-bond donors (Lipinski definition) is 1. The maximum atomic E-state index is 11.2. The zero-order chi connectivity index (χ0) is 18.0. The van der Waals surface area contributed by atoms with Gasteiger partial charge in [-0.1, -0.05) is 32.0 Å². The molecule has 0 aliphatic carbocycles. The molecule has 0 radical (unpaired) electrons. The molecule has 1 N–H and O–H groups in total. The van der Waals surface area contributed by atoms with Crippen molar-refractivity contribution in [2.45, 2.75) is 26.7 Å². The van der Waals surface area contributed by atoms with Gasteiger partial charge in [0.1, 0.15) is 21.4 Å². The zero-order valence-electron chi connectivity index (χ0n) is 14.3. The topological polar surface area (TPSA) is 59.4 Å². The normalized spacial score (nSPS) is 10.9. The van der Waals surface area contributed by atoms with Gasteiger partial charge in [0, 0.05) is 5.56 Å². The molecular formula is C20H19NO3S. The number of benzene rings is 2. The molecule has 1 aromatic heterocycles. The lowest BCUT2D eigenvalue weighted by Gasteiger charge is -2.13. The predicted octanol–water partition coefficient (Wildman–Crippen LogP) is 5.73. The lowest BCUT2D eigenvalue weighted by Crippen LogP contribution is -1.94. The quantitative estimate of drug-likeness (QED) is 0.636. The van der Waals surface area contributed by atoms with Crippen molar-refractivity contribution in [1.29, 1.82) is 0 Å². The molecule has 1 heterocycles. The van der Waals surface area contributed by atoms with Crippen LogP contribution in [0.1, 0.15) is 40.7 Å². The Kier molecular flexibility index (Phi) is 4.86. The van der Waals surface area contributed by atoms with Crippen LogP contribution in [-0.2, 0) is 0 Å². The second-order valence-electron chi connectivity index (χ2n) is 6.06. The number of nitrogens with zero attached hydrogens (tertiary/aromatic N) is 1. The van der Waals surface area contributed by atoms with Gasteiger partial charge in [-0.2, -0.15) is 0 Å². The van der Waals surface area contributed by atoms with Crippen LogP contribution in [0.4, 0.5) is 0 Å². The monoisotopic (exact) mass is 353 g/mol. The summed E-state index contributed by atoms with van der Waals surface area (Å²) in [7, 11) is 0. The predicted molar refractivity (Wildman–Crippen MR) is 99.9 cm³/mol. The minimum Gasteiger partial charge on any atom is -0.477 e. The third kappa shape index (κ3) is 3.72. The molecular weight excluding hydrogens is 334 g/mol. The minimum absolute atomic E-state index is 0.279. The third-order valence-corrected chi connectivity index (χ3v) is 5.06. The van der Waals surface area contributed by atoms with Crippen molar-refractivity contribution in [3.63, 3.8) is 0 Å². The van der Waals surface area contributed by atoms with E-state index in [2.05, 4.69) is 24.9 Å². The van der Waals surface area contributed by atoms with Crippen molar-refractivity contribution >= 4 is 17.3 Å². The third-order valence-electron chi connectivity index (χ3n) is 3.86.